The van der Waals surface area contributed by atoms with Gasteiger partial charge in [0.05, 0.1) is 6.04 Å². The lowest BCUT2D eigenvalue weighted by molar-refractivity contribution is 0.310. The molecule has 1 atom stereocenters. The van der Waals surface area contributed by atoms with Crippen molar-refractivity contribution in [1.82, 2.24) is 5.32 Å². The number of nitrogens with one attached hydrogen (secondary N) is 1. The molecule has 3 nitrogen and oxygen atoms in total. The Hall–Kier alpha value is -2.00. The van der Waals surface area contributed by atoms with Gasteiger partial charge in [-0.15, -0.1) is 0 Å². The highest BCUT2D eigenvalue weighted by Crippen LogP contribution is 2.31. The normalized spacial score (nSPS) is 17.2. The fraction of sp³-hybridized carbons (Fsp3) is 0.200. The van der Waals surface area contributed by atoms with Gasteiger partial charge in [0.1, 0.15) is 12.4 Å². The Morgan fingerprint density at radius 3 is 2.78 bits per heavy atom. The summed E-state index contributed by atoms with van der Waals surface area (Å²) in [5, 5.41) is 3.49. The molecule has 0 fully saturated rings. The first-order chi connectivity index (χ1) is 8.84. The van der Waals surface area contributed by atoms with Crippen molar-refractivity contribution in [3.8, 4) is 5.75 Å². The van der Waals surface area contributed by atoms with Crippen molar-refractivity contribution in [3.63, 3.8) is 0 Å². The highest BCUT2D eigenvalue weighted by atomic mass is 16.5. The van der Waals surface area contributed by atoms with Gasteiger partial charge in [-0.3, -0.25) is 0 Å². The molecule has 3 N–H and O–H groups in total. The number of nitrogen functional groups attached to an aromatic ring is 1. The Bertz CT molecular complexity index is 554. The van der Waals surface area contributed by atoms with E-state index in [0.717, 1.165) is 23.5 Å². The highest BCUT2D eigenvalue weighted by Gasteiger charge is 2.22. The first-order valence-electron chi connectivity index (χ1n) is 6.13. The number of benzene rings is 2. The molecule has 0 saturated heterocycles. The van der Waals surface area contributed by atoms with Crippen LogP contribution < -0.4 is 15.8 Å². The molecule has 1 heterocycles. The second-order valence-corrected chi connectivity index (χ2v) is 4.48. The van der Waals surface area contributed by atoms with Crippen LogP contribution in [-0.2, 0) is 6.54 Å². The van der Waals surface area contributed by atoms with E-state index >= 15 is 0 Å². The summed E-state index contributed by atoms with van der Waals surface area (Å²) in [7, 11) is 0. The van der Waals surface area contributed by atoms with Gasteiger partial charge < -0.3 is 15.8 Å². The van der Waals surface area contributed by atoms with Gasteiger partial charge in [0.15, 0.2) is 0 Å². The standard InChI is InChI=1S/C15H16N2O/c16-13-7-3-1-5-11(13)9-17-14-10-18-15-8-4-2-6-12(14)15/h1-8,14,17H,9-10,16H2. The van der Waals surface area contributed by atoms with E-state index < -0.39 is 0 Å². The molecule has 0 amide bonds. The number of ether oxygens (including phenoxy) is 1. The molecule has 0 radical (unpaired) electrons. The van der Waals surface area contributed by atoms with Gasteiger partial charge in [-0.25, -0.2) is 0 Å². The zero-order chi connectivity index (χ0) is 12.4. The largest absolute Gasteiger partial charge is 0.491 e. The fourth-order valence-corrected chi connectivity index (χ4v) is 2.26. The van der Waals surface area contributed by atoms with E-state index in [0.29, 0.717) is 6.61 Å². The van der Waals surface area contributed by atoms with E-state index in [4.69, 9.17) is 10.5 Å². The zero-order valence-electron chi connectivity index (χ0n) is 10.1. The molecule has 3 heteroatoms. The lowest BCUT2D eigenvalue weighted by atomic mass is 10.1. The summed E-state index contributed by atoms with van der Waals surface area (Å²) >= 11 is 0. The molecule has 92 valence electrons. The minimum atomic E-state index is 0.251. The summed E-state index contributed by atoms with van der Waals surface area (Å²) in [6, 6.07) is 16.3. The molecule has 18 heavy (non-hydrogen) atoms. The lowest BCUT2D eigenvalue weighted by Crippen LogP contribution is -2.22. The maximum atomic E-state index is 5.93. The zero-order valence-corrected chi connectivity index (χ0v) is 10.1. The van der Waals surface area contributed by atoms with Crippen LogP contribution >= 0.6 is 0 Å². The van der Waals surface area contributed by atoms with Crippen LogP contribution in [0.4, 0.5) is 5.69 Å². The Labute approximate surface area is 107 Å². The highest BCUT2D eigenvalue weighted by molar-refractivity contribution is 5.46. The number of fused-ring (bicyclic) bond motifs is 1. The smallest absolute Gasteiger partial charge is 0.124 e. The van der Waals surface area contributed by atoms with Crippen molar-refractivity contribution in [2.24, 2.45) is 0 Å². The fourth-order valence-electron chi connectivity index (χ4n) is 2.26. The van der Waals surface area contributed by atoms with Crippen LogP contribution in [-0.4, -0.2) is 6.61 Å². The van der Waals surface area contributed by atoms with Gasteiger partial charge in [-0.1, -0.05) is 36.4 Å². The van der Waals surface area contributed by atoms with Gasteiger partial charge >= 0.3 is 0 Å². The van der Waals surface area contributed by atoms with Crippen LogP contribution in [0.3, 0.4) is 0 Å². The summed E-state index contributed by atoms with van der Waals surface area (Å²) in [6.45, 7) is 1.45. The minimum absolute atomic E-state index is 0.251. The lowest BCUT2D eigenvalue weighted by Gasteiger charge is -2.12. The van der Waals surface area contributed by atoms with E-state index in [9.17, 15) is 0 Å². The van der Waals surface area contributed by atoms with E-state index in [1.165, 1.54) is 5.56 Å². The van der Waals surface area contributed by atoms with E-state index in [1.54, 1.807) is 0 Å². The van der Waals surface area contributed by atoms with Crippen LogP contribution in [0.2, 0.25) is 0 Å². The predicted octanol–water partition coefficient (Wildman–Crippen LogP) is 2.49. The van der Waals surface area contributed by atoms with Gasteiger partial charge in [0, 0.05) is 17.8 Å². The topological polar surface area (TPSA) is 47.3 Å². The predicted molar refractivity (Wildman–Crippen MR) is 72.4 cm³/mol. The van der Waals surface area contributed by atoms with Crippen molar-refractivity contribution in [2.75, 3.05) is 12.3 Å². The van der Waals surface area contributed by atoms with E-state index in [1.807, 2.05) is 42.5 Å². The van der Waals surface area contributed by atoms with Crippen molar-refractivity contribution in [1.29, 1.82) is 0 Å². The molecule has 1 unspecified atom stereocenters. The van der Waals surface area contributed by atoms with Crippen LogP contribution in [0, 0.1) is 0 Å². The number of rotatable bonds is 3. The molecule has 0 spiro atoms. The number of nitrogens with two attached hydrogens (primary N) is 1. The molecule has 1 aliphatic heterocycles. The second kappa shape index (κ2) is 4.70. The SMILES string of the molecule is Nc1ccccc1CNC1COc2ccccc21. The van der Waals surface area contributed by atoms with Crippen LogP contribution in [0.5, 0.6) is 5.75 Å². The maximum absolute atomic E-state index is 5.93. The average molecular weight is 240 g/mol. The first-order valence-corrected chi connectivity index (χ1v) is 6.13. The molecule has 3 rings (SSSR count). The third-order valence-electron chi connectivity index (χ3n) is 3.29. The van der Waals surface area contributed by atoms with Gasteiger partial charge in [-0.05, 0) is 17.7 Å². The van der Waals surface area contributed by atoms with Gasteiger partial charge in [0.25, 0.3) is 0 Å². The van der Waals surface area contributed by atoms with Crippen LogP contribution in [0.15, 0.2) is 48.5 Å². The minimum Gasteiger partial charge on any atom is -0.491 e. The van der Waals surface area contributed by atoms with Crippen LogP contribution in [0.25, 0.3) is 0 Å². The number of hydrogen-bond acceptors (Lipinski definition) is 3. The third-order valence-corrected chi connectivity index (χ3v) is 3.29. The van der Waals surface area contributed by atoms with Crippen molar-refractivity contribution in [2.45, 2.75) is 12.6 Å². The van der Waals surface area contributed by atoms with Gasteiger partial charge in [-0.2, -0.15) is 0 Å². The van der Waals surface area contributed by atoms with Gasteiger partial charge in [0.2, 0.25) is 0 Å². The summed E-state index contributed by atoms with van der Waals surface area (Å²) in [5.74, 6) is 0.982. The monoisotopic (exact) mass is 240 g/mol. The molecule has 0 bridgehead atoms. The van der Waals surface area contributed by atoms with E-state index in [-0.39, 0.29) is 6.04 Å². The Balaban J connectivity index is 1.71. The van der Waals surface area contributed by atoms with Crippen molar-refractivity contribution in [3.05, 3.63) is 59.7 Å². The van der Waals surface area contributed by atoms with Crippen LogP contribution in [0.1, 0.15) is 17.2 Å². The molecule has 0 aromatic heterocycles. The number of hydrogen-bond donors (Lipinski definition) is 2. The first kappa shape index (κ1) is 11.1. The van der Waals surface area contributed by atoms with Crippen molar-refractivity contribution < 1.29 is 4.74 Å². The molecule has 2 aromatic rings. The Morgan fingerprint density at radius 2 is 1.89 bits per heavy atom. The Kier molecular flexibility index (Phi) is 2.90. The summed E-state index contributed by atoms with van der Waals surface area (Å²) in [4.78, 5) is 0. The Morgan fingerprint density at radius 1 is 1.11 bits per heavy atom. The van der Waals surface area contributed by atoms with Crippen molar-refractivity contribution >= 4 is 5.69 Å². The number of para-hydroxylation sites is 2. The third kappa shape index (κ3) is 2.05. The summed E-state index contributed by atoms with van der Waals surface area (Å²) < 4.78 is 5.64. The number of anilines is 1. The molecular formula is C15H16N2O. The molecule has 1 aliphatic rings. The molecule has 0 saturated carbocycles. The maximum Gasteiger partial charge on any atom is 0.124 e. The second-order valence-electron chi connectivity index (χ2n) is 4.48. The average Bonchev–Trinajstić information content (AvgIpc) is 2.81. The molecule has 0 aliphatic carbocycles. The summed E-state index contributed by atoms with van der Waals surface area (Å²) in [6.07, 6.45) is 0. The molecule has 2 aromatic carbocycles. The summed E-state index contributed by atoms with van der Waals surface area (Å²) in [5.41, 5.74) is 9.11. The molecular weight excluding hydrogens is 224 g/mol. The van der Waals surface area contributed by atoms with E-state index in [2.05, 4.69) is 11.4 Å². The quantitative estimate of drug-likeness (QED) is 0.810.